The van der Waals surface area contributed by atoms with E-state index in [0.717, 1.165) is 10.6 Å². The highest BCUT2D eigenvalue weighted by Crippen LogP contribution is 2.31. The van der Waals surface area contributed by atoms with Crippen LogP contribution in [0.2, 0.25) is 0 Å². The van der Waals surface area contributed by atoms with E-state index in [1.807, 2.05) is 13.8 Å². The predicted molar refractivity (Wildman–Crippen MR) is 126 cm³/mol. The minimum atomic E-state index is -3.66. The summed E-state index contributed by atoms with van der Waals surface area (Å²) in [4.78, 5) is 32.5. The Labute approximate surface area is 198 Å². The zero-order valence-electron chi connectivity index (χ0n) is 19.6. The molecule has 9 nitrogen and oxygen atoms in total. The van der Waals surface area contributed by atoms with E-state index < -0.39 is 33.7 Å². The monoisotopic (exact) mass is 493 g/mol. The average Bonchev–Trinajstić information content (AvgIpc) is 2.76. The molecule has 0 aliphatic rings. The number of allylic oxidation sites excluding steroid dienone is 1. The fourth-order valence-corrected chi connectivity index (χ4v) is 3.40. The molecule has 1 unspecified atom stereocenters. The highest BCUT2D eigenvalue weighted by Gasteiger charge is 2.22. The Morgan fingerprint density at radius 3 is 2.32 bits per heavy atom. The average molecular weight is 494 g/mol. The number of benzene rings is 1. The van der Waals surface area contributed by atoms with Gasteiger partial charge in [0.25, 0.3) is 0 Å². The van der Waals surface area contributed by atoms with Crippen molar-refractivity contribution in [3.8, 4) is 11.3 Å². The molecule has 1 aromatic carbocycles. The Morgan fingerprint density at radius 2 is 1.79 bits per heavy atom. The number of aliphatic hydroxyl groups is 1. The van der Waals surface area contributed by atoms with Crippen molar-refractivity contribution >= 4 is 33.8 Å². The van der Waals surface area contributed by atoms with Crippen LogP contribution in [0.1, 0.15) is 43.9 Å². The highest BCUT2D eigenvalue weighted by molar-refractivity contribution is 7.92. The summed E-state index contributed by atoms with van der Waals surface area (Å²) in [6.07, 6.45) is 1.92. The lowest BCUT2D eigenvalue weighted by Gasteiger charge is -2.20. The molecule has 1 aromatic heterocycles. The van der Waals surface area contributed by atoms with Gasteiger partial charge in [-0.15, -0.1) is 0 Å². The number of nitrogens with zero attached hydrogens (tertiary/aromatic N) is 3. The van der Waals surface area contributed by atoms with Gasteiger partial charge < -0.3 is 9.84 Å². The molecule has 184 valence electrons. The van der Waals surface area contributed by atoms with Crippen molar-refractivity contribution in [3.05, 3.63) is 47.4 Å². The third-order valence-electron chi connectivity index (χ3n) is 4.91. The first-order chi connectivity index (χ1) is 15.8. The van der Waals surface area contributed by atoms with Crippen LogP contribution in [0.5, 0.6) is 0 Å². The molecule has 0 aliphatic carbocycles. The summed E-state index contributed by atoms with van der Waals surface area (Å²) in [5.41, 5.74) is 1.72. The van der Waals surface area contributed by atoms with Gasteiger partial charge in [-0.1, -0.05) is 13.8 Å². The quantitative estimate of drug-likeness (QED) is 0.395. The largest absolute Gasteiger partial charge is 0.469 e. The van der Waals surface area contributed by atoms with Crippen molar-refractivity contribution in [1.29, 1.82) is 0 Å². The predicted octanol–water partition coefficient (Wildman–Crippen LogP) is 2.70. The van der Waals surface area contributed by atoms with Crippen molar-refractivity contribution in [2.75, 3.05) is 24.7 Å². The summed E-state index contributed by atoms with van der Waals surface area (Å²) >= 11 is 0. The summed E-state index contributed by atoms with van der Waals surface area (Å²) in [6, 6.07) is 5.47. The van der Waals surface area contributed by atoms with Crippen LogP contribution in [0, 0.1) is 5.82 Å². The number of hydrogen-bond acceptors (Lipinski definition) is 8. The molecule has 11 heteroatoms. The summed E-state index contributed by atoms with van der Waals surface area (Å²) < 4.78 is 43.1. The number of hydrogen-bond donors (Lipinski definition) is 1. The van der Waals surface area contributed by atoms with E-state index in [1.165, 1.54) is 50.6 Å². The van der Waals surface area contributed by atoms with Crippen LogP contribution in [0.4, 0.5) is 10.3 Å². The Bertz CT molecular complexity index is 1180. The van der Waals surface area contributed by atoms with Crippen LogP contribution < -0.4 is 4.31 Å². The molecule has 2 rings (SSSR count). The minimum absolute atomic E-state index is 0.0671. The Balaban J connectivity index is 2.58. The maximum Gasteiger partial charge on any atom is 0.308 e. The highest BCUT2D eigenvalue weighted by atomic mass is 32.2. The number of esters is 1. The molecule has 34 heavy (non-hydrogen) atoms. The molecule has 0 saturated carbocycles. The number of methoxy groups -OCH3 is 1. The van der Waals surface area contributed by atoms with E-state index in [9.17, 15) is 27.5 Å². The molecule has 1 N–H and O–H groups in total. The van der Waals surface area contributed by atoms with E-state index in [0.29, 0.717) is 22.5 Å². The van der Waals surface area contributed by atoms with Gasteiger partial charge in [0.1, 0.15) is 5.82 Å². The van der Waals surface area contributed by atoms with Crippen molar-refractivity contribution in [2.45, 2.75) is 38.7 Å². The molecular weight excluding hydrogens is 465 g/mol. The van der Waals surface area contributed by atoms with Gasteiger partial charge >= 0.3 is 5.97 Å². The van der Waals surface area contributed by atoms with Gasteiger partial charge in [-0.25, -0.2) is 27.1 Å². The second-order valence-corrected chi connectivity index (χ2v) is 10.0. The topological polar surface area (TPSA) is 127 Å². The molecule has 2 aromatic rings. The smallest absolute Gasteiger partial charge is 0.308 e. The van der Waals surface area contributed by atoms with E-state index in [2.05, 4.69) is 14.7 Å². The first kappa shape index (κ1) is 27.1. The van der Waals surface area contributed by atoms with Crippen molar-refractivity contribution in [3.63, 3.8) is 0 Å². The number of sulfonamides is 1. The Kier molecular flexibility index (Phi) is 9.00. The standard InChI is InChI=1S/C23H28FN3O6S/c1-14(2)21-19(11-10-17(28)12-18(29)13-20(30)33-4)22(15-6-8-16(24)9-7-15)26-23(25-21)27(3)34(5,31)32/h6-11,14,18,29H,12-13H2,1-5H3. The summed E-state index contributed by atoms with van der Waals surface area (Å²) in [5, 5.41) is 9.92. The van der Waals surface area contributed by atoms with Crippen LogP contribution in [0.15, 0.2) is 30.3 Å². The number of aliphatic hydroxyl groups excluding tert-OH is 1. The number of rotatable bonds is 10. The third kappa shape index (κ3) is 7.16. The minimum Gasteiger partial charge on any atom is -0.469 e. The second-order valence-electron chi connectivity index (χ2n) is 8.00. The summed E-state index contributed by atoms with van der Waals surface area (Å²) in [7, 11) is -1.15. The van der Waals surface area contributed by atoms with Gasteiger partial charge in [-0.05, 0) is 42.3 Å². The van der Waals surface area contributed by atoms with Gasteiger partial charge in [0.05, 0.1) is 37.3 Å². The van der Waals surface area contributed by atoms with Crippen LogP contribution >= 0.6 is 0 Å². The number of anilines is 1. The fourth-order valence-electron chi connectivity index (χ4n) is 3.02. The number of halogens is 1. The number of ether oxygens (including phenoxy) is 1. The van der Waals surface area contributed by atoms with E-state index in [1.54, 1.807) is 0 Å². The Hall–Kier alpha value is -3.18. The number of carbonyl (C=O) groups excluding carboxylic acids is 2. The molecule has 0 aliphatic heterocycles. The van der Waals surface area contributed by atoms with Crippen LogP contribution in [-0.2, 0) is 24.3 Å². The van der Waals surface area contributed by atoms with E-state index in [4.69, 9.17) is 0 Å². The zero-order valence-corrected chi connectivity index (χ0v) is 20.5. The summed E-state index contributed by atoms with van der Waals surface area (Å²) in [6.45, 7) is 3.69. The van der Waals surface area contributed by atoms with E-state index in [-0.39, 0.29) is 24.7 Å². The summed E-state index contributed by atoms with van der Waals surface area (Å²) in [5.74, 6) is -1.80. The number of carbonyl (C=O) groups is 2. The van der Waals surface area contributed by atoms with Crippen LogP contribution in [-0.4, -0.2) is 61.8 Å². The van der Waals surface area contributed by atoms with E-state index >= 15 is 0 Å². The van der Waals surface area contributed by atoms with Crippen molar-refractivity contribution in [2.24, 2.45) is 0 Å². The fraction of sp³-hybridized carbons (Fsp3) is 0.391. The van der Waals surface area contributed by atoms with Gasteiger partial charge in [-0.3, -0.25) is 9.59 Å². The third-order valence-corrected chi connectivity index (χ3v) is 6.07. The molecule has 0 bridgehead atoms. The van der Waals surface area contributed by atoms with Crippen LogP contribution in [0.3, 0.4) is 0 Å². The molecule has 0 fully saturated rings. The lowest BCUT2D eigenvalue weighted by atomic mass is 9.97. The van der Waals surface area contributed by atoms with Gasteiger partial charge in [0, 0.05) is 24.6 Å². The SMILES string of the molecule is COC(=O)CC(O)CC(=O)C=Cc1c(-c2ccc(F)cc2)nc(N(C)S(C)(=O)=O)nc1C(C)C. The molecule has 0 saturated heterocycles. The number of aromatic nitrogens is 2. The second kappa shape index (κ2) is 11.3. The number of ketones is 1. The molecule has 0 amide bonds. The van der Waals surface area contributed by atoms with Gasteiger partial charge in [0.2, 0.25) is 16.0 Å². The molecule has 1 heterocycles. The van der Waals surface area contributed by atoms with Crippen LogP contribution in [0.25, 0.3) is 17.3 Å². The zero-order chi connectivity index (χ0) is 25.6. The molecular formula is C23H28FN3O6S. The molecule has 1 atom stereocenters. The maximum atomic E-state index is 13.5. The lowest BCUT2D eigenvalue weighted by Crippen LogP contribution is -2.27. The molecule has 0 spiro atoms. The maximum absolute atomic E-state index is 13.5. The van der Waals surface area contributed by atoms with Gasteiger partial charge in [0.15, 0.2) is 5.78 Å². The first-order valence-corrected chi connectivity index (χ1v) is 12.3. The normalized spacial score (nSPS) is 12.7. The van der Waals surface area contributed by atoms with Gasteiger partial charge in [-0.2, -0.15) is 0 Å². The lowest BCUT2D eigenvalue weighted by molar-refractivity contribution is -0.143. The first-order valence-electron chi connectivity index (χ1n) is 10.4. The van der Waals surface area contributed by atoms with Crippen molar-refractivity contribution < 1.29 is 32.2 Å². The molecule has 0 radical (unpaired) electrons. The van der Waals surface area contributed by atoms with Crippen molar-refractivity contribution in [1.82, 2.24) is 9.97 Å². The Morgan fingerprint density at radius 1 is 1.18 bits per heavy atom.